The first kappa shape index (κ1) is 28.2. The van der Waals surface area contributed by atoms with Gasteiger partial charge in [0.1, 0.15) is 0 Å². The zero-order valence-corrected chi connectivity index (χ0v) is 23.8. The van der Waals surface area contributed by atoms with Crippen molar-refractivity contribution in [1.29, 1.82) is 0 Å². The smallest absolute Gasteiger partial charge is 0.0621 e. The molecule has 2 aromatic rings. The largest absolute Gasteiger partial charge is 0.151 e. The second-order valence-corrected chi connectivity index (χ2v) is 18.1. The maximum atomic E-state index is 2.44. The zero-order valence-electron chi connectivity index (χ0n) is 20.8. The molecule has 0 saturated heterocycles. The van der Waals surface area contributed by atoms with Gasteiger partial charge in [-0.05, 0) is 74.7 Å². The molecule has 0 atom stereocenters. The van der Waals surface area contributed by atoms with Crippen LogP contribution < -0.4 is 0 Å². The SMILES string of the molecule is CC(C)[PH+](CCC[PH+](C(C)C)C(C)C)C(C)C.[Co].c1cc2[c-]3c(ccc3c1)CCC2. The Morgan fingerprint density at radius 2 is 1.17 bits per heavy atom. The minimum absolute atomic E-state index is 0. The third-order valence-corrected chi connectivity index (χ3v) is 14.6. The van der Waals surface area contributed by atoms with Gasteiger partial charge in [-0.3, -0.25) is 0 Å². The maximum absolute atomic E-state index is 2.44. The molecule has 0 aliphatic heterocycles. The Hall–Kier alpha value is 0.196. The van der Waals surface area contributed by atoms with Crippen LogP contribution in [0.1, 0.15) is 79.4 Å². The summed E-state index contributed by atoms with van der Waals surface area (Å²) in [4.78, 5) is 0. The van der Waals surface area contributed by atoms with Crippen molar-refractivity contribution in [2.24, 2.45) is 0 Å². The van der Waals surface area contributed by atoms with E-state index in [0.29, 0.717) is 0 Å². The molecular formula is C27H47CoP2+. The third kappa shape index (κ3) is 7.96. The molecule has 0 nitrogen and oxygen atoms in total. The van der Waals surface area contributed by atoms with E-state index in [2.05, 4.69) is 85.7 Å². The second kappa shape index (κ2) is 13.7. The van der Waals surface area contributed by atoms with Crippen LogP contribution in [0.4, 0.5) is 0 Å². The molecule has 0 saturated carbocycles. The zero-order chi connectivity index (χ0) is 21.6. The van der Waals surface area contributed by atoms with Crippen molar-refractivity contribution in [3.05, 3.63) is 41.5 Å². The number of aryl methyl sites for hydroxylation is 2. The van der Waals surface area contributed by atoms with Crippen molar-refractivity contribution < 1.29 is 16.8 Å². The molecule has 0 unspecified atom stereocenters. The summed E-state index contributed by atoms with van der Waals surface area (Å²) < 4.78 is 0. The Morgan fingerprint density at radius 3 is 1.63 bits per heavy atom. The molecule has 0 bridgehead atoms. The summed E-state index contributed by atoms with van der Waals surface area (Å²) in [5.41, 5.74) is 6.93. The quantitative estimate of drug-likeness (QED) is 0.256. The predicted octanol–water partition coefficient (Wildman–Crippen LogP) is 8.48. The molecule has 2 aromatic carbocycles. The van der Waals surface area contributed by atoms with Crippen molar-refractivity contribution in [3.8, 4) is 0 Å². The van der Waals surface area contributed by atoms with E-state index in [1.54, 1.807) is 28.8 Å². The van der Waals surface area contributed by atoms with E-state index in [1.165, 1.54) is 31.1 Å². The first-order chi connectivity index (χ1) is 13.7. The third-order valence-electron chi connectivity index (χ3n) is 6.76. The summed E-state index contributed by atoms with van der Waals surface area (Å²) >= 11 is 0. The van der Waals surface area contributed by atoms with E-state index in [0.717, 1.165) is 22.6 Å². The molecule has 3 rings (SSSR count). The van der Waals surface area contributed by atoms with Crippen LogP contribution in [-0.4, -0.2) is 35.0 Å². The van der Waals surface area contributed by atoms with Crippen LogP contribution in [0.15, 0.2) is 30.3 Å². The predicted molar refractivity (Wildman–Crippen MR) is 143 cm³/mol. The van der Waals surface area contributed by atoms with Crippen LogP contribution in [0.25, 0.3) is 10.8 Å². The van der Waals surface area contributed by atoms with Crippen LogP contribution in [-0.2, 0) is 29.6 Å². The van der Waals surface area contributed by atoms with Crippen LogP contribution in [0.3, 0.4) is 0 Å². The van der Waals surface area contributed by atoms with E-state index in [4.69, 9.17) is 0 Å². The van der Waals surface area contributed by atoms with Gasteiger partial charge >= 0.3 is 0 Å². The van der Waals surface area contributed by atoms with Gasteiger partial charge in [0.2, 0.25) is 0 Å². The summed E-state index contributed by atoms with van der Waals surface area (Å²) in [5.74, 6) is 0. The normalized spacial score (nSPS) is 13.5. The topological polar surface area (TPSA) is 0 Å². The first-order valence-electron chi connectivity index (χ1n) is 12.1. The Bertz CT molecular complexity index is 694. The summed E-state index contributed by atoms with van der Waals surface area (Å²) in [7, 11) is -0.217. The minimum Gasteiger partial charge on any atom is -0.151 e. The van der Waals surface area contributed by atoms with Gasteiger partial charge in [-0.1, -0.05) is 5.39 Å². The van der Waals surface area contributed by atoms with Gasteiger partial charge in [-0.2, -0.15) is 6.07 Å². The Labute approximate surface area is 200 Å². The van der Waals surface area contributed by atoms with Gasteiger partial charge in [0.15, 0.2) is 0 Å². The van der Waals surface area contributed by atoms with E-state index < -0.39 is 0 Å². The standard InChI is InChI=1S/C15H34P2.C12H11.Co/c1-12(2)16(13(3)4)10-9-11-17(14(5)6)15(7)8;1-3-9-4-2-6-11-8-7-10(5-1)12(9)11;/h12-15H,9-11H2,1-8H3;1,3,5,7-8H,2,4,6H2;/q;-1;/p+2. The maximum Gasteiger partial charge on any atom is 0.0621 e. The van der Waals surface area contributed by atoms with E-state index in [1.807, 2.05) is 0 Å². The molecule has 0 fully saturated rings. The van der Waals surface area contributed by atoms with Crippen LogP contribution in [0, 0.1) is 0 Å². The molecule has 173 valence electrons. The fourth-order valence-electron chi connectivity index (χ4n) is 5.29. The van der Waals surface area contributed by atoms with Crippen molar-refractivity contribution in [1.82, 2.24) is 0 Å². The van der Waals surface area contributed by atoms with Gasteiger partial charge in [0.05, 0.1) is 35.0 Å². The van der Waals surface area contributed by atoms with Crippen LogP contribution >= 0.6 is 15.8 Å². The minimum atomic E-state index is -0.109. The van der Waals surface area contributed by atoms with Gasteiger partial charge in [0, 0.05) is 39.0 Å². The van der Waals surface area contributed by atoms with Crippen molar-refractivity contribution in [3.63, 3.8) is 0 Å². The number of benzene rings is 1. The Morgan fingerprint density at radius 1 is 0.700 bits per heavy atom. The average molecular weight is 493 g/mol. The molecule has 30 heavy (non-hydrogen) atoms. The molecule has 0 spiro atoms. The molecule has 0 N–H and O–H groups in total. The molecule has 1 aliphatic carbocycles. The molecule has 1 radical (unpaired) electrons. The molecular weight excluding hydrogens is 445 g/mol. The van der Waals surface area contributed by atoms with E-state index >= 15 is 0 Å². The summed E-state index contributed by atoms with van der Waals surface area (Å²) in [5, 5.41) is 2.98. The summed E-state index contributed by atoms with van der Waals surface area (Å²) in [6.45, 7) is 19.5. The Balaban J connectivity index is 0.000000301. The molecule has 0 aromatic heterocycles. The number of hydrogen-bond donors (Lipinski definition) is 0. The van der Waals surface area contributed by atoms with Gasteiger partial charge in [-0.25, -0.2) is 0 Å². The molecule has 0 heterocycles. The molecule has 3 heteroatoms. The van der Waals surface area contributed by atoms with Crippen molar-refractivity contribution >= 4 is 26.6 Å². The molecule has 1 aliphatic rings. The van der Waals surface area contributed by atoms with E-state index in [9.17, 15) is 0 Å². The second-order valence-electron chi connectivity index (χ2n) is 10.2. The Kier molecular flexibility index (Phi) is 12.9. The summed E-state index contributed by atoms with van der Waals surface area (Å²) in [6.07, 6.45) is 8.49. The first-order valence-corrected chi connectivity index (χ1v) is 15.8. The van der Waals surface area contributed by atoms with Gasteiger partial charge in [0.25, 0.3) is 0 Å². The van der Waals surface area contributed by atoms with Crippen LogP contribution in [0.5, 0.6) is 0 Å². The van der Waals surface area contributed by atoms with Gasteiger partial charge in [-0.15, -0.1) is 40.8 Å². The number of hydrogen-bond acceptors (Lipinski definition) is 0. The summed E-state index contributed by atoms with van der Waals surface area (Å²) in [6, 6.07) is 11.2. The monoisotopic (exact) mass is 492 g/mol. The number of rotatable bonds is 8. The van der Waals surface area contributed by atoms with E-state index in [-0.39, 0.29) is 32.6 Å². The average Bonchev–Trinajstić information content (AvgIpc) is 3.06. The van der Waals surface area contributed by atoms with Gasteiger partial charge < -0.3 is 0 Å². The van der Waals surface area contributed by atoms with Crippen molar-refractivity contribution in [2.75, 3.05) is 12.3 Å². The van der Waals surface area contributed by atoms with Crippen LogP contribution in [0.2, 0.25) is 0 Å². The molecule has 0 amide bonds. The fraction of sp³-hybridized carbons (Fsp3) is 0.667. The fourth-order valence-corrected chi connectivity index (χ4v) is 11.8. The van der Waals surface area contributed by atoms with Crippen molar-refractivity contribution in [2.45, 2.75) is 104 Å².